The van der Waals surface area contributed by atoms with Crippen LogP contribution in [0.2, 0.25) is 0 Å². The molecule has 1 aromatic heterocycles. The standard InChI is InChI=1S/C13H21FN2O/c1-3-11(15)13(4-2,7-8-17)12-6-5-10(14)9-16-12/h5-6,9,11,17H,3-4,7-8,15H2,1-2H3. The minimum atomic E-state index is -0.364. The monoisotopic (exact) mass is 240 g/mol. The highest BCUT2D eigenvalue weighted by Crippen LogP contribution is 2.34. The molecular weight excluding hydrogens is 219 g/mol. The van der Waals surface area contributed by atoms with Crippen LogP contribution in [-0.2, 0) is 5.41 Å². The number of pyridine rings is 1. The van der Waals surface area contributed by atoms with Gasteiger partial charge in [-0.25, -0.2) is 4.39 Å². The van der Waals surface area contributed by atoms with E-state index in [1.54, 1.807) is 6.07 Å². The van der Waals surface area contributed by atoms with Crippen molar-refractivity contribution < 1.29 is 9.50 Å². The van der Waals surface area contributed by atoms with Crippen molar-refractivity contribution in [2.75, 3.05) is 6.61 Å². The van der Waals surface area contributed by atoms with Crippen molar-refractivity contribution >= 4 is 0 Å². The topological polar surface area (TPSA) is 59.1 Å². The first-order valence-electron chi connectivity index (χ1n) is 6.09. The highest BCUT2D eigenvalue weighted by molar-refractivity contribution is 5.20. The van der Waals surface area contributed by atoms with E-state index in [-0.39, 0.29) is 23.9 Å². The Morgan fingerprint density at radius 2 is 2.18 bits per heavy atom. The highest BCUT2D eigenvalue weighted by Gasteiger charge is 2.36. The smallest absolute Gasteiger partial charge is 0.141 e. The number of halogens is 1. The molecule has 3 N–H and O–H groups in total. The molecule has 96 valence electrons. The minimum absolute atomic E-state index is 0.0561. The van der Waals surface area contributed by atoms with E-state index in [0.29, 0.717) is 6.42 Å². The molecule has 1 aromatic rings. The van der Waals surface area contributed by atoms with E-state index in [1.165, 1.54) is 12.3 Å². The molecule has 0 bridgehead atoms. The van der Waals surface area contributed by atoms with Crippen molar-refractivity contribution in [2.45, 2.75) is 44.6 Å². The van der Waals surface area contributed by atoms with Crippen LogP contribution in [0.15, 0.2) is 18.3 Å². The Balaban J connectivity index is 3.16. The van der Waals surface area contributed by atoms with Gasteiger partial charge in [0.2, 0.25) is 0 Å². The molecule has 1 rings (SSSR count). The Labute approximate surface area is 102 Å². The zero-order valence-corrected chi connectivity index (χ0v) is 10.5. The molecule has 0 aliphatic rings. The van der Waals surface area contributed by atoms with Crippen LogP contribution in [0.25, 0.3) is 0 Å². The second-order valence-corrected chi connectivity index (χ2v) is 4.36. The number of hydrogen-bond donors (Lipinski definition) is 2. The Hall–Kier alpha value is -1.00. The summed E-state index contributed by atoms with van der Waals surface area (Å²) in [4.78, 5) is 4.14. The SMILES string of the molecule is CCC(N)C(CC)(CCO)c1ccc(F)cn1. The number of rotatable bonds is 6. The molecule has 1 heterocycles. The number of hydrogen-bond acceptors (Lipinski definition) is 3. The van der Waals surface area contributed by atoms with Gasteiger partial charge in [-0.15, -0.1) is 0 Å². The van der Waals surface area contributed by atoms with Crippen molar-refractivity contribution in [3.8, 4) is 0 Å². The maximum atomic E-state index is 12.9. The maximum Gasteiger partial charge on any atom is 0.141 e. The van der Waals surface area contributed by atoms with E-state index < -0.39 is 0 Å². The second kappa shape index (κ2) is 6.07. The van der Waals surface area contributed by atoms with Crippen LogP contribution < -0.4 is 5.73 Å². The molecule has 2 atom stereocenters. The van der Waals surface area contributed by atoms with E-state index in [4.69, 9.17) is 5.73 Å². The summed E-state index contributed by atoms with van der Waals surface area (Å²) in [5, 5.41) is 9.24. The normalized spacial score (nSPS) is 16.5. The average Bonchev–Trinajstić information content (AvgIpc) is 2.36. The van der Waals surface area contributed by atoms with E-state index in [1.807, 2.05) is 13.8 Å². The van der Waals surface area contributed by atoms with Gasteiger partial charge in [-0.2, -0.15) is 0 Å². The van der Waals surface area contributed by atoms with E-state index in [0.717, 1.165) is 18.5 Å². The zero-order chi connectivity index (χ0) is 12.9. The lowest BCUT2D eigenvalue weighted by atomic mass is 9.71. The fourth-order valence-corrected chi connectivity index (χ4v) is 2.38. The summed E-state index contributed by atoms with van der Waals surface area (Å²) in [6, 6.07) is 2.98. The van der Waals surface area contributed by atoms with Crippen molar-refractivity contribution in [2.24, 2.45) is 5.73 Å². The van der Waals surface area contributed by atoms with Gasteiger partial charge in [0.15, 0.2) is 0 Å². The van der Waals surface area contributed by atoms with Gasteiger partial charge in [0.1, 0.15) is 5.82 Å². The lowest BCUT2D eigenvalue weighted by Crippen LogP contribution is -2.46. The molecule has 0 fully saturated rings. The van der Waals surface area contributed by atoms with Gasteiger partial charge in [0.05, 0.1) is 6.20 Å². The quantitative estimate of drug-likeness (QED) is 0.799. The van der Waals surface area contributed by atoms with E-state index >= 15 is 0 Å². The predicted molar refractivity (Wildman–Crippen MR) is 66.1 cm³/mol. The molecule has 2 unspecified atom stereocenters. The zero-order valence-electron chi connectivity index (χ0n) is 10.5. The lowest BCUT2D eigenvalue weighted by Gasteiger charge is -2.37. The Morgan fingerprint density at radius 1 is 1.47 bits per heavy atom. The molecule has 0 aliphatic carbocycles. The summed E-state index contributed by atoms with van der Waals surface area (Å²) in [6.07, 6.45) is 3.34. The first kappa shape index (κ1) is 14.1. The van der Waals surface area contributed by atoms with Crippen LogP contribution in [0.3, 0.4) is 0 Å². The summed E-state index contributed by atoms with van der Waals surface area (Å²) in [6.45, 7) is 4.09. The van der Waals surface area contributed by atoms with Crippen LogP contribution in [-0.4, -0.2) is 22.7 Å². The molecular formula is C13H21FN2O. The predicted octanol–water partition coefficient (Wildman–Crippen LogP) is 1.99. The number of nitrogens with two attached hydrogens (primary N) is 1. The lowest BCUT2D eigenvalue weighted by molar-refractivity contribution is 0.202. The number of nitrogens with zero attached hydrogens (tertiary/aromatic N) is 1. The number of aliphatic hydroxyl groups is 1. The third kappa shape index (κ3) is 2.82. The van der Waals surface area contributed by atoms with Gasteiger partial charge in [0, 0.05) is 23.8 Å². The van der Waals surface area contributed by atoms with Crippen LogP contribution >= 0.6 is 0 Å². The average molecular weight is 240 g/mol. The summed E-state index contributed by atoms with van der Waals surface area (Å²) in [5.41, 5.74) is 6.58. The van der Waals surface area contributed by atoms with Gasteiger partial charge in [-0.3, -0.25) is 4.98 Å². The van der Waals surface area contributed by atoms with Crippen LogP contribution in [0.5, 0.6) is 0 Å². The molecule has 4 heteroatoms. The Bertz CT molecular complexity index is 342. The molecule has 0 radical (unpaired) electrons. The fraction of sp³-hybridized carbons (Fsp3) is 0.615. The van der Waals surface area contributed by atoms with Crippen molar-refractivity contribution in [3.05, 3.63) is 29.8 Å². The molecule has 0 amide bonds. The van der Waals surface area contributed by atoms with Crippen molar-refractivity contribution in [1.82, 2.24) is 4.98 Å². The van der Waals surface area contributed by atoms with E-state index in [2.05, 4.69) is 4.98 Å². The maximum absolute atomic E-state index is 12.9. The number of aliphatic hydroxyl groups excluding tert-OH is 1. The third-order valence-electron chi connectivity index (χ3n) is 3.58. The first-order valence-corrected chi connectivity index (χ1v) is 6.09. The van der Waals surface area contributed by atoms with Crippen LogP contribution in [0.4, 0.5) is 4.39 Å². The summed E-state index contributed by atoms with van der Waals surface area (Å²) in [5.74, 6) is -0.354. The van der Waals surface area contributed by atoms with Gasteiger partial charge in [-0.05, 0) is 31.4 Å². The third-order valence-corrected chi connectivity index (χ3v) is 3.58. The molecule has 0 spiro atoms. The molecule has 17 heavy (non-hydrogen) atoms. The largest absolute Gasteiger partial charge is 0.396 e. The number of aromatic nitrogens is 1. The molecule has 0 saturated carbocycles. The Morgan fingerprint density at radius 3 is 2.59 bits per heavy atom. The molecule has 0 aliphatic heterocycles. The van der Waals surface area contributed by atoms with Crippen LogP contribution in [0.1, 0.15) is 38.8 Å². The summed E-state index contributed by atoms with van der Waals surface area (Å²) >= 11 is 0. The van der Waals surface area contributed by atoms with Crippen molar-refractivity contribution in [1.29, 1.82) is 0 Å². The first-order chi connectivity index (χ1) is 8.10. The van der Waals surface area contributed by atoms with Gasteiger partial charge < -0.3 is 10.8 Å². The van der Waals surface area contributed by atoms with Crippen molar-refractivity contribution in [3.63, 3.8) is 0 Å². The fourth-order valence-electron chi connectivity index (χ4n) is 2.38. The minimum Gasteiger partial charge on any atom is -0.396 e. The Kier molecular flexibility index (Phi) is 5.02. The van der Waals surface area contributed by atoms with Gasteiger partial charge in [0.25, 0.3) is 0 Å². The summed E-state index contributed by atoms with van der Waals surface area (Å²) < 4.78 is 12.9. The molecule has 3 nitrogen and oxygen atoms in total. The van der Waals surface area contributed by atoms with Crippen LogP contribution in [0, 0.1) is 5.82 Å². The molecule has 0 saturated heterocycles. The molecule has 0 aromatic carbocycles. The summed E-state index contributed by atoms with van der Waals surface area (Å²) in [7, 11) is 0. The van der Waals surface area contributed by atoms with Gasteiger partial charge >= 0.3 is 0 Å². The van der Waals surface area contributed by atoms with E-state index in [9.17, 15) is 9.50 Å². The highest BCUT2D eigenvalue weighted by atomic mass is 19.1. The van der Waals surface area contributed by atoms with Gasteiger partial charge in [-0.1, -0.05) is 13.8 Å². The second-order valence-electron chi connectivity index (χ2n) is 4.36.